The number of nitrogens with one attached hydrogen (secondary N) is 1. The van der Waals surface area contributed by atoms with E-state index in [1.807, 2.05) is 27.7 Å². The van der Waals surface area contributed by atoms with Crippen LogP contribution in [0.4, 0.5) is 10.1 Å². The van der Waals surface area contributed by atoms with Crippen molar-refractivity contribution in [3.8, 4) is 0 Å². The summed E-state index contributed by atoms with van der Waals surface area (Å²) in [4.78, 5) is 43.1. The number of hydrogen-bond acceptors (Lipinski definition) is 4. The molecular weight excluding hydrogens is 425 g/mol. The molecule has 1 N–H and O–H groups in total. The van der Waals surface area contributed by atoms with Gasteiger partial charge in [0.2, 0.25) is 5.91 Å². The molecule has 10 heteroatoms. The highest BCUT2D eigenvalue weighted by atomic mass is 35.5. The Hall–Kier alpha value is -2.94. The number of imidazole rings is 1. The summed E-state index contributed by atoms with van der Waals surface area (Å²) in [6.45, 7) is 8.20. The molecule has 3 rings (SSSR count). The minimum absolute atomic E-state index is 0.0871. The van der Waals surface area contributed by atoms with Crippen molar-refractivity contribution in [2.75, 3.05) is 5.32 Å². The van der Waals surface area contributed by atoms with Crippen LogP contribution in [0.2, 0.25) is 5.02 Å². The van der Waals surface area contributed by atoms with Crippen LogP contribution in [-0.2, 0) is 24.4 Å². The molecule has 0 bridgehead atoms. The lowest BCUT2D eigenvalue weighted by Gasteiger charge is -2.14. The van der Waals surface area contributed by atoms with Gasteiger partial charge in [-0.15, -0.1) is 0 Å². The van der Waals surface area contributed by atoms with Crippen molar-refractivity contribution in [1.82, 2.24) is 18.7 Å². The Kier molecular flexibility index (Phi) is 6.64. The van der Waals surface area contributed by atoms with Gasteiger partial charge in [0, 0.05) is 18.1 Å². The number of halogens is 2. The largest absolute Gasteiger partial charge is 0.333 e. The summed E-state index contributed by atoms with van der Waals surface area (Å²) in [6, 6.07) is 3.81. The van der Waals surface area contributed by atoms with Gasteiger partial charge in [0.15, 0.2) is 11.2 Å². The second-order valence-corrected chi connectivity index (χ2v) is 8.75. The number of anilines is 1. The molecule has 0 spiro atoms. The molecule has 0 aliphatic rings. The van der Waals surface area contributed by atoms with Gasteiger partial charge >= 0.3 is 5.69 Å². The van der Waals surface area contributed by atoms with Crippen LogP contribution in [0.1, 0.15) is 27.7 Å². The average molecular weight is 450 g/mol. The Morgan fingerprint density at radius 1 is 1.13 bits per heavy atom. The molecule has 1 amide bonds. The third-order valence-electron chi connectivity index (χ3n) is 4.60. The van der Waals surface area contributed by atoms with E-state index >= 15 is 0 Å². The van der Waals surface area contributed by atoms with Crippen LogP contribution >= 0.6 is 11.6 Å². The fourth-order valence-electron chi connectivity index (χ4n) is 3.36. The number of carbonyl (C=O) groups excluding carboxylic acids is 1. The van der Waals surface area contributed by atoms with Crippen LogP contribution in [0.15, 0.2) is 34.1 Å². The molecule has 166 valence electrons. The molecule has 0 unspecified atom stereocenters. The Balaban J connectivity index is 2.07. The summed E-state index contributed by atoms with van der Waals surface area (Å²) in [5.74, 6) is -1.06. The second-order valence-electron chi connectivity index (χ2n) is 8.31. The number of hydrogen-bond donors (Lipinski definition) is 1. The molecule has 2 heterocycles. The maximum absolute atomic E-state index is 14.0. The van der Waals surface area contributed by atoms with Gasteiger partial charge in [0.25, 0.3) is 5.56 Å². The highest BCUT2D eigenvalue weighted by molar-refractivity contribution is 6.30. The first-order valence-corrected chi connectivity index (χ1v) is 10.4. The highest BCUT2D eigenvalue weighted by Gasteiger charge is 2.21. The minimum Gasteiger partial charge on any atom is -0.324 e. The molecule has 31 heavy (non-hydrogen) atoms. The van der Waals surface area contributed by atoms with Gasteiger partial charge in [-0.3, -0.25) is 14.2 Å². The van der Waals surface area contributed by atoms with Gasteiger partial charge in [-0.1, -0.05) is 39.3 Å². The molecule has 0 radical (unpaired) electrons. The molecule has 8 nitrogen and oxygen atoms in total. The molecular formula is C21H25ClFN5O3. The number of fused-ring (bicyclic) bond motifs is 1. The van der Waals surface area contributed by atoms with E-state index in [0.29, 0.717) is 18.7 Å². The van der Waals surface area contributed by atoms with Crippen LogP contribution in [0.25, 0.3) is 11.2 Å². The van der Waals surface area contributed by atoms with Gasteiger partial charge in [-0.2, -0.15) is 0 Å². The van der Waals surface area contributed by atoms with E-state index < -0.39 is 29.5 Å². The van der Waals surface area contributed by atoms with Gasteiger partial charge in [0.1, 0.15) is 12.4 Å². The number of aromatic nitrogens is 4. The van der Waals surface area contributed by atoms with Crippen LogP contribution in [0, 0.1) is 17.7 Å². The monoisotopic (exact) mass is 449 g/mol. The Bertz CT molecular complexity index is 1240. The summed E-state index contributed by atoms with van der Waals surface area (Å²) in [7, 11) is 0. The summed E-state index contributed by atoms with van der Waals surface area (Å²) < 4.78 is 18.0. The molecule has 0 fully saturated rings. The first-order valence-electron chi connectivity index (χ1n) is 10.0. The molecule has 2 aromatic heterocycles. The minimum atomic E-state index is -0.712. The van der Waals surface area contributed by atoms with Crippen LogP contribution in [0.3, 0.4) is 0 Å². The lowest BCUT2D eigenvalue weighted by atomic mass is 10.2. The number of nitrogens with zero attached hydrogens (tertiary/aromatic N) is 4. The van der Waals surface area contributed by atoms with Gasteiger partial charge in [0.05, 0.1) is 12.0 Å². The third-order valence-corrected chi connectivity index (χ3v) is 4.84. The van der Waals surface area contributed by atoms with Crippen molar-refractivity contribution >= 4 is 34.4 Å². The standard InChI is InChI=1S/C21H25ClFN5O3/c1-12(2)8-26-11-24-19-18(26)20(30)28(21(31)27(19)9-13(3)4)10-17(29)25-16-6-5-14(22)7-15(16)23/h5-7,11-13H,8-10H2,1-4H3,(H,25,29). The predicted molar refractivity (Wildman–Crippen MR) is 118 cm³/mol. The van der Waals surface area contributed by atoms with Gasteiger partial charge < -0.3 is 9.88 Å². The number of amides is 1. The van der Waals surface area contributed by atoms with Crippen molar-refractivity contribution < 1.29 is 9.18 Å². The molecule has 0 saturated carbocycles. The average Bonchev–Trinajstić information content (AvgIpc) is 3.07. The Morgan fingerprint density at radius 2 is 1.81 bits per heavy atom. The summed E-state index contributed by atoms with van der Waals surface area (Å²) in [6.07, 6.45) is 1.54. The van der Waals surface area contributed by atoms with E-state index in [9.17, 15) is 18.8 Å². The smallest absolute Gasteiger partial charge is 0.324 e. The van der Waals surface area contributed by atoms with Crippen molar-refractivity contribution in [1.29, 1.82) is 0 Å². The summed E-state index contributed by atoms with van der Waals surface area (Å²) >= 11 is 5.73. The van der Waals surface area contributed by atoms with Gasteiger partial charge in [-0.25, -0.2) is 18.7 Å². The van der Waals surface area contributed by atoms with E-state index in [1.165, 1.54) is 23.0 Å². The molecule has 3 aromatic rings. The zero-order chi connectivity index (χ0) is 22.9. The Labute approximate surface area is 183 Å². The van der Waals surface area contributed by atoms with E-state index in [1.54, 1.807) is 4.57 Å². The van der Waals surface area contributed by atoms with Crippen LogP contribution in [-0.4, -0.2) is 24.6 Å². The topological polar surface area (TPSA) is 90.9 Å². The fraction of sp³-hybridized carbons (Fsp3) is 0.429. The Morgan fingerprint density at radius 3 is 2.42 bits per heavy atom. The second kappa shape index (κ2) is 9.05. The highest BCUT2D eigenvalue weighted by Crippen LogP contribution is 2.19. The molecule has 0 aliphatic carbocycles. The maximum atomic E-state index is 14.0. The first-order chi connectivity index (χ1) is 14.6. The van der Waals surface area contributed by atoms with Crippen molar-refractivity contribution in [2.24, 2.45) is 11.8 Å². The number of carbonyl (C=O) groups is 1. The lowest BCUT2D eigenvalue weighted by molar-refractivity contribution is -0.116. The summed E-state index contributed by atoms with van der Waals surface area (Å²) in [5.41, 5.74) is -0.766. The van der Waals surface area contributed by atoms with Crippen LogP contribution in [0.5, 0.6) is 0 Å². The molecule has 0 saturated heterocycles. The normalized spacial score (nSPS) is 11.6. The molecule has 0 aliphatic heterocycles. The lowest BCUT2D eigenvalue weighted by Crippen LogP contribution is -2.43. The number of rotatable bonds is 7. The van der Waals surface area contributed by atoms with Crippen LogP contribution < -0.4 is 16.6 Å². The SMILES string of the molecule is CC(C)Cn1cnc2c1c(=O)n(CC(=O)Nc1ccc(Cl)cc1F)c(=O)n2CC(C)C. The zero-order valence-corrected chi connectivity index (χ0v) is 18.6. The van der Waals surface area contributed by atoms with Crippen molar-refractivity contribution in [3.63, 3.8) is 0 Å². The number of benzene rings is 1. The first kappa shape index (κ1) is 22.7. The van der Waals surface area contributed by atoms with E-state index in [-0.39, 0.29) is 28.1 Å². The molecule has 1 aromatic carbocycles. The van der Waals surface area contributed by atoms with E-state index in [2.05, 4.69) is 10.3 Å². The van der Waals surface area contributed by atoms with E-state index in [0.717, 1.165) is 10.6 Å². The quantitative estimate of drug-likeness (QED) is 0.600. The fourth-order valence-corrected chi connectivity index (χ4v) is 3.52. The summed E-state index contributed by atoms with van der Waals surface area (Å²) in [5, 5.41) is 2.57. The zero-order valence-electron chi connectivity index (χ0n) is 17.9. The molecule has 0 atom stereocenters. The van der Waals surface area contributed by atoms with Gasteiger partial charge in [-0.05, 0) is 30.0 Å². The van der Waals surface area contributed by atoms with Crippen molar-refractivity contribution in [3.05, 3.63) is 56.2 Å². The van der Waals surface area contributed by atoms with E-state index in [4.69, 9.17) is 11.6 Å². The third kappa shape index (κ3) is 4.87. The van der Waals surface area contributed by atoms with Crippen molar-refractivity contribution in [2.45, 2.75) is 47.3 Å². The predicted octanol–water partition coefficient (Wildman–Crippen LogP) is 3.10. The maximum Gasteiger partial charge on any atom is 0.333 e.